The van der Waals surface area contributed by atoms with Crippen LogP contribution in [0.5, 0.6) is 0 Å². The predicted molar refractivity (Wildman–Crippen MR) is 111 cm³/mol. The summed E-state index contributed by atoms with van der Waals surface area (Å²) in [6, 6.07) is 7.67. The summed E-state index contributed by atoms with van der Waals surface area (Å²) in [5, 5.41) is 14.5. The van der Waals surface area contributed by atoms with E-state index in [9.17, 15) is 14.5 Å². The highest BCUT2D eigenvalue weighted by molar-refractivity contribution is 7.90. The second-order valence-corrected chi connectivity index (χ2v) is 9.41. The molecule has 0 spiro atoms. The highest BCUT2D eigenvalue weighted by Gasteiger charge is 2.28. The maximum Gasteiger partial charge on any atom is 0.290 e. The summed E-state index contributed by atoms with van der Waals surface area (Å²) in [6.45, 7) is 11.7. The molecule has 2 rings (SSSR count). The first-order chi connectivity index (χ1) is 12.9. The zero-order valence-electron chi connectivity index (χ0n) is 17.7. The first-order valence-corrected chi connectivity index (χ1v) is 10.7. The number of aryl methyl sites for hydroxylation is 1. The van der Waals surface area contributed by atoms with E-state index < -0.39 is 17.0 Å². The number of benzene rings is 1. The normalized spacial score (nSPS) is 13.2. The van der Waals surface area contributed by atoms with Crippen molar-refractivity contribution in [1.29, 1.82) is 0 Å². The standard InChI is InChI=1S/C21H31N3O3S/c1-13(2)15-9-8-10-16(14(3)4)17(15)11-19(25)23-28(27)20-12-18(21(5,6)26)24(7)22-20/h8-10,12-14,26H,11H2,1-7H3,(H,23,25). The molecule has 1 amide bonds. The largest absolute Gasteiger partial charge is 0.586 e. The fourth-order valence-electron chi connectivity index (χ4n) is 3.37. The molecule has 0 fully saturated rings. The van der Waals surface area contributed by atoms with Crippen molar-refractivity contribution < 1.29 is 14.5 Å². The van der Waals surface area contributed by atoms with Crippen LogP contribution in [-0.2, 0) is 35.2 Å². The predicted octanol–water partition coefficient (Wildman–Crippen LogP) is 3.28. The van der Waals surface area contributed by atoms with Gasteiger partial charge in [0.2, 0.25) is 0 Å². The van der Waals surface area contributed by atoms with Gasteiger partial charge in [-0.05, 0) is 42.4 Å². The van der Waals surface area contributed by atoms with Gasteiger partial charge in [0.25, 0.3) is 10.9 Å². The number of hydrogen-bond donors (Lipinski definition) is 2. The summed E-state index contributed by atoms with van der Waals surface area (Å²) in [6.07, 6.45) is 0.165. The van der Waals surface area contributed by atoms with Gasteiger partial charge in [0.15, 0.2) is 0 Å². The van der Waals surface area contributed by atoms with Crippen molar-refractivity contribution in [1.82, 2.24) is 14.5 Å². The Labute approximate surface area is 170 Å². The molecule has 7 heteroatoms. The topological polar surface area (TPSA) is 90.2 Å². The van der Waals surface area contributed by atoms with Crippen LogP contribution in [0.25, 0.3) is 0 Å². The van der Waals surface area contributed by atoms with Crippen molar-refractivity contribution in [2.45, 2.75) is 70.4 Å². The van der Waals surface area contributed by atoms with E-state index in [2.05, 4.69) is 37.5 Å². The first kappa shape index (κ1) is 22.5. The number of carbonyl (C=O) groups is 1. The van der Waals surface area contributed by atoms with Gasteiger partial charge in [-0.1, -0.05) is 45.9 Å². The fourth-order valence-corrected chi connectivity index (χ4v) is 4.16. The molecule has 1 aromatic heterocycles. The fraction of sp³-hybridized carbons (Fsp3) is 0.524. The minimum Gasteiger partial charge on any atom is -0.586 e. The van der Waals surface area contributed by atoms with Gasteiger partial charge in [-0.3, -0.25) is 9.48 Å². The van der Waals surface area contributed by atoms with Crippen LogP contribution in [0.2, 0.25) is 0 Å². The number of nitrogens with zero attached hydrogens (tertiary/aromatic N) is 2. The van der Waals surface area contributed by atoms with Gasteiger partial charge in [-0.15, -0.1) is 5.10 Å². The molecule has 0 aliphatic carbocycles. The molecular weight excluding hydrogens is 374 g/mol. The van der Waals surface area contributed by atoms with E-state index in [0.29, 0.717) is 5.69 Å². The Morgan fingerprint density at radius 1 is 1.25 bits per heavy atom. The lowest BCUT2D eigenvalue weighted by molar-refractivity contribution is -0.118. The van der Waals surface area contributed by atoms with Gasteiger partial charge in [0.1, 0.15) is 17.0 Å². The minimum absolute atomic E-state index is 0.165. The zero-order valence-corrected chi connectivity index (χ0v) is 18.6. The Morgan fingerprint density at radius 3 is 2.21 bits per heavy atom. The van der Waals surface area contributed by atoms with Crippen molar-refractivity contribution in [3.05, 3.63) is 46.6 Å². The van der Waals surface area contributed by atoms with Crippen LogP contribution in [-0.4, -0.2) is 25.3 Å². The molecular formula is C21H31N3O3S. The number of aliphatic hydroxyl groups is 1. The summed E-state index contributed by atoms with van der Waals surface area (Å²) in [7, 11) is 1.67. The average Bonchev–Trinajstić information content (AvgIpc) is 2.96. The maximum atomic E-state index is 12.6. The second kappa shape index (κ2) is 8.68. The van der Waals surface area contributed by atoms with Crippen LogP contribution < -0.4 is 4.72 Å². The molecule has 0 radical (unpaired) electrons. The molecule has 0 bridgehead atoms. The molecule has 1 heterocycles. The Kier molecular flexibility index (Phi) is 6.96. The van der Waals surface area contributed by atoms with Crippen molar-refractivity contribution in [2.24, 2.45) is 7.05 Å². The molecule has 1 aromatic carbocycles. The van der Waals surface area contributed by atoms with Crippen molar-refractivity contribution in [3.63, 3.8) is 0 Å². The Hall–Kier alpha value is -1.83. The smallest absolute Gasteiger partial charge is 0.290 e. The van der Waals surface area contributed by atoms with E-state index in [4.69, 9.17) is 0 Å². The van der Waals surface area contributed by atoms with Crippen LogP contribution in [0.4, 0.5) is 0 Å². The van der Waals surface area contributed by atoms with Crippen LogP contribution in [0.15, 0.2) is 29.3 Å². The molecule has 2 aromatic rings. The quantitative estimate of drug-likeness (QED) is 0.692. The van der Waals surface area contributed by atoms with Crippen LogP contribution in [0.3, 0.4) is 0 Å². The molecule has 154 valence electrons. The Bertz CT molecular complexity index is 812. The molecule has 2 N–H and O–H groups in total. The van der Waals surface area contributed by atoms with Crippen molar-refractivity contribution in [3.8, 4) is 0 Å². The van der Waals surface area contributed by atoms with Gasteiger partial charge in [0.05, 0.1) is 12.1 Å². The monoisotopic (exact) mass is 405 g/mol. The van der Waals surface area contributed by atoms with Crippen LogP contribution in [0, 0.1) is 0 Å². The number of aromatic nitrogens is 2. The molecule has 28 heavy (non-hydrogen) atoms. The third-order valence-corrected chi connectivity index (χ3v) is 5.70. The third-order valence-electron chi connectivity index (χ3n) is 4.71. The number of carbonyl (C=O) groups excluding carboxylic acids is 1. The maximum absolute atomic E-state index is 12.6. The van der Waals surface area contributed by atoms with Crippen molar-refractivity contribution in [2.75, 3.05) is 0 Å². The zero-order chi connectivity index (χ0) is 21.2. The molecule has 1 atom stereocenters. The number of hydrogen-bond acceptors (Lipinski definition) is 4. The van der Waals surface area contributed by atoms with E-state index in [1.54, 1.807) is 27.0 Å². The van der Waals surface area contributed by atoms with E-state index in [0.717, 1.165) is 16.7 Å². The lowest BCUT2D eigenvalue weighted by atomic mass is 9.87. The summed E-state index contributed by atoms with van der Waals surface area (Å²) in [5.41, 5.74) is 2.68. The van der Waals surface area contributed by atoms with Gasteiger partial charge in [-0.25, -0.2) is 0 Å². The lowest BCUT2D eigenvalue weighted by Gasteiger charge is -2.19. The summed E-state index contributed by atoms with van der Waals surface area (Å²) in [5.74, 6) is 0.262. The van der Waals surface area contributed by atoms with E-state index in [1.165, 1.54) is 4.68 Å². The molecule has 1 unspecified atom stereocenters. The highest BCUT2D eigenvalue weighted by atomic mass is 32.2. The number of nitrogens with one attached hydrogen (secondary N) is 1. The first-order valence-electron chi connectivity index (χ1n) is 9.51. The second-order valence-electron chi connectivity index (χ2n) is 8.25. The number of rotatable bonds is 7. The van der Waals surface area contributed by atoms with E-state index >= 15 is 0 Å². The summed E-state index contributed by atoms with van der Waals surface area (Å²) in [4.78, 5) is 12.6. The van der Waals surface area contributed by atoms with Gasteiger partial charge in [0, 0.05) is 13.1 Å². The minimum atomic E-state index is -1.79. The van der Waals surface area contributed by atoms with Gasteiger partial charge in [-0.2, -0.15) is 4.72 Å². The molecule has 6 nitrogen and oxygen atoms in total. The van der Waals surface area contributed by atoms with E-state index in [-0.39, 0.29) is 29.2 Å². The number of amides is 1. The van der Waals surface area contributed by atoms with Gasteiger partial charge < -0.3 is 9.66 Å². The molecule has 0 aliphatic heterocycles. The van der Waals surface area contributed by atoms with E-state index in [1.807, 2.05) is 18.2 Å². The SMILES string of the molecule is CC(C)c1cccc(C(C)C)c1CC(=O)N[S+]([O-])c1cc(C(C)(C)O)n(C)n1. The Morgan fingerprint density at radius 2 is 1.79 bits per heavy atom. The summed E-state index contributed by atoms with van der Waals surface area (Å²) >= 11 is -1.79. The van der Waals surface area contributed by atoms with Crippen molar-refractivity contribution >= 4 is 17.3 Å². The molecule has 0 saturated heterocycles. The molecule has 0 saturated carbocycles. The van der Waals surface area contributed by atoms with Crippen LogP contribution in [0.1, 0.15) is 75.8 Å². The third kappa shape index (κ3) is 5.16. The average molecular weight is 406 g/mol. The molecule has 0 aliphatic rings. The van der Waals surface area contributed by atoms with Gasteiger partial charge >= 0.3 is 0 Å². The van der Waals surface area contributed by atoms with Crippen LogP contribution >= 0.6 is 0 Å². The lowest BCUT2D eigenvalue weighted by Crippen LogP contribution is -2.32. The summed E-state index contributed by atoms with van der Waals surface area (Å²) < 4.78 is 16.6. The highest BCUT2D eigenvalue weighted by Crippen LogP contribution is 2.28. The Balaban J connectivity index is 2.21.